The summed E-state index contributed by atoms with van der Waals surface area (Å²) in [6.45, 7) is 5.46. The van der Waals surface area contributed by atoms with Crippen LogP contribution in [0.1, 0.15) is 107 Å². The Morgan fingerprint density at radius 1 is 1.12 bits per heavy atom. The number of rotatable bonds is 6. The SMILES string of the molecule is CC[C@@H]1CC(C)CC(OCc2c(C3CC4(CC4)C3)noc2C2CC2)C1. The summed E-state index contributed by atoms with van der Waals surface area (Å²) < 4.78 is 12.3. The van der Waals surface area contributed by atoms with Crippen LogP contribution < -0.4 is 0 Å². The van der Waals surface area contributed by atoms with E-state index in [4.69, 9.17) is 9.26 Å². The van der Waals surface area contributed by atoms with Gasteiger partial charge < -0.3 is 9.26 Å². The molecule has 0 aliphatic heterocycles. The highest BCUT2D eigenvalue weighted by molar-refractivity contribution is 5.33. The van der Waals surface area contributed by atoms with Gasteiger partial charge in [0.1, 0.15) is 5.76 Å². The number of nitrogens with zero attached hydrogens (tertiary/aromatic N) is 1. The zero-order chi connectivity index (χ0) is 17.0. The summed E-state index contributed by atoms with van der Waals surface area (Å²) in [5.41, 5.74) is 3.32. The predicted octanol–water partition coefficient (Wildman–Crippen LogP) is 5.94. The van der Waals surface area contributed by atoms with Crippen molar-refractivity contribution in [3.63, 3.8) is 0 Å². The number of ether oxygens (including phenoxy) is 1. The summed E-state index contributed by atoms with van der Waals surface area (Å²) in [6, 6.07) is 0. The van der Waals surface area contributed by atoms with Crippen LogP contribution in [-0.4, -0.2) is 11.3 Å². The second-order valence-corrected chi connectivity index (χ2v) is 9.81. The lowest BCUT2D eigenvalue weighted by Gasteiger charge is -2.35. The molecule has 138 valence electrons. The molecule has 0 N–H and O–H groups in total. The van der Waals surface area contributed by atoms with Crippen molar-refractivity contribution in [2.45, 2.75) is 103 Å². The quantitative estimate of drug-likeness (QED) is 0.641. The molecule has 1 aromatic heterocycles. The number of hydrogen-bond donors (Lipinski definition) is 0. The second-order valence-electron chi connectivity index (χ2n) is 9.81. The highest BCUT2D eigenvalue weighted by Crippen LogP contribution is 2.66. The normalized spacial score (nSPS) is 34.2. The lowest BCUT2D eigenvalue weighted by molar-refractivity contribution is -0.0134. The minimum absolute atomic E-state index is 0.430. The van der Waals surface area contributed by atoms with E-state index < -0.39 is 0 Å². The van der Waals surface area contributed by atoms with Crippen LogP contribution in [0.2, 0.25) is 0 Å². The molecule has 25 heavy (non-hydrogen) atoms. The predicted molar refractivity (Wildman–Crippen MR) is 97.5 cm³/mol. The first-order chi connectivity index (χ1) is 12.2. The van der Waals surface area contributed by atoms with Crippen LogP contribution in [-0.2, 0) is 11.3 Å². The highest BCUT2D eigenvalue weighted by Gasteiger charge is 2.54. The fourth-order valence-corrected chi connectivity index (χ4v) is 5.58. The Morgan fingerprint density at radius 2 is 1.92 bits per heavy atom. The monoisotopic (exact) mass is 343 g/mol. The van der Waals surface area contributed by atoms with Crippen molar-refractivity contribution in [2.24, 2.45) is 17.3 Å². The third-order valence-electron chi connectivity index (χ3n) is 7.54. The Hall–Kier alpha value is -0.830. The van der Waals surface area contributed by atoms with Crippen molar-refractivity contribution in [3.05, 3.63) is 17.0 Å². The molecule has 4 aliphatic rings. The maximum absolute atomic E-state index is 6.48. The van der Waals surface area contributed by atoms with Gasteiger partial charge in [-0.25, -0.2) is 0 Å². The molecule has 4 aliphatic carbocycles. The van der Waals surface area contributed by atoms with E-state index in [9.17, 15) is 0 Å². The van der Waals surface area contributed by atoms with E-state index >= 15 is 0 Å². The fourth-order valence-electron chi connectivity index (χ4n) is 5.58. The molecular weight excluding hydrogens is 310 g/mol. The van der Waals surface area contributed by atoms with Gasteiger partial charge in [0, 0.05) is 17.4 Å². The molecule has 0 radical (unpaired) electrons. The van der Waals surface area contributed by atoms with Crippen molar-refractivity contribution in [3.8, 4) is 0 Å². The molecule has 3 heteroatoms. The average molecular weight is 344 g/mol. The lowest BCUT2D eigenvalue weighted by Crippen LogP contribution is -2.28. The zero-order valence-electron chi connectivity index (χ0n) is 15.9. The van der Waals surface area contributed by atoms with Crippen LogP contribution >= 0.6 is 0 Å². The summed E-state index contributed by atoms with van der Waals surface area (Å²) in [5.74, 6) is 4.09. The highest BCUT2D eigenvalue weighted by atomic mass is 16.5. The minimum Gasteiger partial charge on any atom is -0.373 e. The molecule has 4 fully saturated rings. The average Bonchev–Trinajstić information content (AvgIpc) is 3.49. The molecule has 4 saturated carbocycles. The van der Waals surface area contributed by atoms with E-state index in [2.05, 4.69) is 19.0 Å². The van der Waals surface area contributed by atoms with Crippen molar-refractivity contribution in [2.75, 3.05) is 0 Å². The smallest absolute Gasteiger partial charge is 0.145 e. The first kappa shape index (κ1) is 16.4. The Kier molecular flexibility index (Phi) is 4.00. The van der Waals surface area contributed by atoms with Crippen molar-refractivity contribution in [1.82, 2.24) is 5.16 Å². The van der Waals surface area contributed by atoms with Gasteiger partial charge in [0.25, 0.3) is 0 Å². The molecule has 2 unspecified atom stereocenters. The van der Waals surface area contributed by atoms with Gasteiger partial charge in [0.2, 0.25) is 0 Å². The topological polar surface area (TPSA) is 35.3 Å². The van der Waals surface area contributed by atoms with Crippen LogP contribution in [0, 0.1) is 17.3 Å². The Balaban J connectivity index is 1.28. The van der Waals surface area contributed by atoms with E-state index in [0.717, 1.165) is 18.4 Å². The van der Waals surface area contributed by atoms with Gasteiger partial charge in [0.05, 0.1) is 18.4 Å². The molecule has 3 atom stereocenters. The lowest BCUT2D eigenvalue weighted by atomic mass is 9.69. The Morgan fingerprint density at radius 3 is 2.60 bits per heavy atom. The Bertz CT molecular complexity index is 620. The molecule has 0 saturated heterocycles. The summed E-state index contributed by atoms with van der Waals surface area (Å²) in [4.78, 5) is 0. The molecule has 3 nitrogen and oxygen atoms in total. The van der Waals surface area contributed by atoms with Gasteiger partial charge in [-0.15, -0.1) is 0 Å². The second kappa shape index (κ2) is 6.11. The molecule has 1 spiro atoms. The van der Waals surface area contributed by atoms with Gasteiger partial charge >= 0.3 is 0 Å². The van der Waals surface area contributed by atoms with Gasteiger partial charge in [0.15, 0.2) is 0 Å². The van der Waals surface area contributed by atoms with E-state index in [1.807, 2.05) is 0 Å². The Labute approximate surface area is 151 Å². The summed E-state index contributed by atoms with van der Waals surface area (Å²) in [6.07, 6.45) is 13.7. The van der Waals surface area contributed by atoms with E-state index in [1.165, 1.54) is 81.2 Å². The molecule has 0 bridgehead atoms. The first-order valence-corrected chi connectivity index (χ1v) is 10.8. The molecule has 1 heterocycles. The van der Waals surface area contributed by atoms with Crippen molar-refractivity contribution >= 4 is 0 Å². The molecular formula is C22H33NO2. The van der Waals surface area contributed by atoms with Crippen LogP contribution in [0.15, 0.2) is 4.52 Å². The largest absolute Gasteiger partial charge is 0.373 e. The summed E-state index contributed by atoms with van der Waals surface area (Å²) in [7, 11) is 0. The molecule has 0 amide bonds. The summed E-state index contributed by atoms with van der Waals surface area (Å²) in [5, 5.41) is 4.55. The van der Waals surface area contributed by atoms with E-state index in [0.29, 0.717) is 23.4 Å². The van der Waals surface area contributed by atoms with E-state index in [1.54, 1.807) is 0 Å². The summed E-state index contributed by atoms with van der Waals surface area (Å²) >= 11 is 0. The zero-order valence-corrected chi connectivity index (χ0v) is 15.9. The molecule has 0 aromatic carbocycles. The van der Waals surface area contributed by atoms with Crippen LogP contribution in [0.4, 0.5) is 0 Å². The third-order valence-corrected chi connectivity index (χ3v) is 7.54. The van der Waals surface area contributed by atoms with Gasteiger partial charge in [-0.05, 0) is 75.0 Å². The van der Waals surface area contributed by atoms with Crippen molar-refractivity contribution in [1.29, 1.82) is 0 Å². The first-order valence-electron chi connectivity index (χ1n) is 10.8. The van der Waals surface area contributed by atoms with Gasteiger partial charge in [-0.3, -0.25) is 0 Å². The number of hydrogen-bond acceptors (Lipinski definition) is 3. The number of aromatic nitrogens is 1. The maximum Gasteiger partial charge on any atom is 0.145 e. The maximum atomic E-state index is 6.48. The van der Waals surface area contributed by atoms with Gasteiger partial charge in [-0.1, -0.05) is 25.4 Å². The van der Waals surface area contributed by atoms with Crippen LogP contribution in [0.5, 0.6) is 0 Å². The van der Waals surface area contributed by atoms with Crippen LogP contribution in [0.3, 0.4) is 0 Å². The fraction of sp³-hybridized carbons (Fsp3) is 0.864. The molecule has 5 rings (SSSR count). The van der Waals surface area contributed by atoms with Crippen molar-refractivity contribution < 1.29 is 9.26 Å². The third kappa shape index (κ3) is 3.18. The standard InChI is InChI=1S/C22H33NO2/c1-3-15-8-14(2)9-18(10-15)24-13-19-20(17-11-22(12-17)6-7-22)23-25-21(19)16-4-5-16/h14-18H,3-13H2,1-2H3/t14?,15-,18?/m1/s1. The van der Waals surface area contributed by atoms with Crippen LogP contribution in [0.25, 0.3) is 0 Å². The molecule has 1 aromatic rings. The van der Waals surface area contributed by atoms with Gasteiger partial charge in [-0.2, -0.15) is 0 Å². The minimum atomic E-state index is 0.430. The van der Waals surface area contributed by atoms with E-state index in [-0.39, 0.29) is 0 Å².